The average molecular weight is 454 g/mol. The number of benzene rings is 2. The van der Waals surface area contributed by atoms with Crippen LogP contribution in [-0.2, 0) is 22.7 Å². The quantitative estimate of drug-likeness (QED) is 0.596. The average Bonchev–Trinajstić information content (AvgIpc) is 2.67. The van der Waals surface area contributed by atoms with E-state index in [0.29, 0.717) is 0 Å². The summed E-state index contributed by atoms with van der Waals surface area (Å²) < 4.78 is 10.5. The second kappa shape index (κ2) is 10.0. The molecule has 0 amide bonds. The van der Waals surface area contributed by atoms with Gasteiger partial charge in [0, 0.05) is 42.3 Å². The zero-order chi connectivity index (χ0) is 22.7. The molecular formula is C21H35N5O2S2+2. The number of phenolic OH excluding ortho intramolecular Hbond substituents is 2. The fourth-order valence-corrected chi connectivity index (χ4v) is 6.08. The predicted molar refractivity (Wildman–Crippen MR) is 134 cm³/mol. The topological polar surface area (TPSA) is 56.7 Å². The van der Waals surface area contributed by atoms with Gasteiger partial charge in [-0.05, 0) is 35.4 Å². The molecule has 0 saturated carbocycles. The minimum absolute atomic E-state index is 0.176. The van der Waals surface area contributed by atoms with Crippen molar-refractivity contribution in [3.8, 4) is 22.6 Å². The van der Waals surface area contributed by atoms with Gasteiger partial charge in [0.05, 0.1) is 14.1 Å². The summed E-state index contributed by atoms with van der Waals surface area (Å²) >= 11 is -0.514. The number of hydrogen-bond acceptors (Lipinski definition) is 7. The van der Waals surface area contributed by atoms with E-state index in [-0.39, 0.29) is 34.2 Å². The molecule has 2 N–H and O–H groups in total. The molecule has 1 unspecified atom stereocenters. The van der Waals surface area contributed by atoms with E-state index in [4.69, 9.17) is 0 Å². The molecule has 166 valence electrons. The standard InChI is InChI=1S/C21H33N5O2S2/c1-22(2)29(9)25(7)18-14-16(10-12-20(18)27)17-11-13-21(28)19(15-17)26(8)30(23(3)4)24(5)6/h10-15H,1-9H3/p+2. The normalized spacial score (nSPS) is 12.8. The number of phenols is 2. The van der Waals surface area contributed by atoms with Gasteiger partial charge in [-0.3, -0.25) is 0 Å². The lowest BCUT2D eigenvalue weighted by Crippen LogP contribution is -2.46. The van der Waals surface area contributed by atoms with Crippen LogP contribution in [0, 0.1) is 0 Å². The van der Waals surface area contributed by atoms with Crippen LogP contribution in [-0.4, -0.2) is 85.8 Å². The van der Waals surface area contributed by atoms with Gasteiger partial charge in [-0.2, -0.15) is 8.61 Å². The summed E-state index contributed by atoms with van der Waals surface area (Å²) in [7, 11) is 16.1. The van der Waals surface area contributed by atoms with Crippen molar-refractivity contribution in [3.63, 3.8) is 0 Å². The van der Waals surface area contributed by atoms with E-state index in [0.717, 1.165) is 22.5 Å². The molecule has 1 atom stereocenters. The monoisotopic (exact) mass is 453 g/mol. The summed E-state index contributed by atoms with van der Waals surface area (Å²) in [6.07, 6.45) is 2.11. The molecule has 9 heteroatoms. The van der Waals surface area contributed by atoms with E-state index in [2.05, 4.69) is 27.8 Å². The lowest BCUT2D eigenvalue weighted by Gasteiger charge is -2.26. The third-order valence-corrected chi connectivity index (χ3v) is 8.82. The molecule has 0 spiro atoms. The molecule has 0 radical (unpaired) electrons. The van der Waals surface area contributed by atoms with E-state index in [9.17, 15) is 10.2 Å². The molecule has 0 aliphatic heterocycles. The van der Waals surface area contributed by atoms with Crippen LogP contribution in [0.1, 0.15) is 0 Å². The SMILES string of the molecule is CN(C)[S+](C)N(C)c1cc(-c2ccc(O)c(N(C)[S+](N(C)C)N(C)C)c2)ccc1O. The Morgan fingerprint density at radius 3 is 1.37 bits per heavy atom. The van der Waals surface area contributed by atoms with Gasteiger partial charge in [-0.25, -0.2) is 0 Å². The Bertz CT molecular complexity index is 855. The lowest BCUT2D eigenvalue weighted by atomic mass is 10.0. The van der Waals surface area contributed by atoms with Crippen LogP contribution in [0.2, 0.25) is 0 Å². The highest BCUT2D eigenvalue weighted by Gasteiger charge is 2.35. The van der Waals surface area contributed by atoms with E-state index in [1.807, 2.05) is 80.6 Å². The minimum Gasteiger partial charge on any atom is -0.506 e. The van der Waals surface area contributed by atoms with Gasteiger partial charge in [0.1, 0.15) is 29.1 Å². The fourth-order valence-electron chi connectivity index (χ4n) is 3.20. The molecule has 2 aromatic rings. The Morgan fingerprint density at radius 2 is 1.00 bits per heavy atom. The van der Waals surface area contributed by atoms with Gasteiger partial charge < -0.3 is 10.2 Å². The van der Waals surface area contributed by atoms with E-state index in [1.54, 1.807) is 12.1 Å². The van der Waals surface area contributed by atoms with Crippen LogP contribution in [0.5, 0.6) is 11.5 Å². The molecular weight excluding hydrogens is 418 g/mol. The third kappa shape index (κ3) is 5.28. The number of hydrogen-bond donors (Lipinski definition) is 2. The molecule has 2 aromatic carbocycles. The third-order valence-electron chi connectivity index (χ3n) is 4.79. The first-order chi connectivity index (χ1) is 14.0. The zero-order valence-corrected chi connectivity index (χ0v) is 21.0. The number of rotatable bonds is 8. The lowest BCUT2D eigenvalue weighted by molar-refractivity contribution is 0.475. The van der Waals surface area contributed by atoms with Crippen LogP contribution >= 0.6 is 0 Å². The summed E-state index contributed by atoms with van der Waals surface area (Å²) in [5.74, 6) is 0.488. The summed E-state index contributed by atoms with van der Waals surface area (Å²) in [6.45, 7) is 0. The first kappa shape index (κ1) is 24.5. The van der Waals surface area contributed by atoms with Gasteiger partial charge in [0.2, 0.25) is 0 Å². The molecule has 30 heavy (non-hydrogen) atoms. The molecule has 0 aliphatic rings. The number of anilines is 2. The van der Waals surface area contributed by atoms with Gasteiger partial charge in [-0.1, -0.05) is 20.7 Å². The van der Waals surface area contributed by atoms with Crippen molar-refractivity contribution >= 4 is 34.1 Å². The first-order valence-corrected chi connectivity index (χ1v) is 12.2. The van der Waals surface area contributed by atoms with Crippen molar-refractivity contribution in [1.82, 2.24) is 12.9 Å². The Kier molecular flexibility index (Phi) is 8.18. The van der Waals surface area contributed by atoms with E-state index < -0.39 is 0 Å². The highest BCUT2D eigenvalue weighted by molar-refractivity contribution is 7.95. The van der Waals surface area contributed by atoms with Crippen LogP contribution in [0.4, 0.5) is 11.4 Å². The van der Waals surface area contributed by atoms with Gasteiger partial charge in [-0.15, -0.1) is 4.31 Å². The smallest absolute Gasteiger partial charge is 0.294 e. The number of aromatic hydroxyl groups is 2. The van der Waals surface area contributed by atoms with Crippen molar-refractivity contribution in [2.45, 2.75) is 0 Å². The second-order valence-corrected chi connectivity index (χ2v) is 12.2. The van der Waals surface area contributed by atoms with E-state index >= 15 is 0 Å². The van der Waals surface area contributed by atoms with Gasteiger partial charge in [0.25, 0.3) is 11.5 Å². The van der Waals surface area contributed by atoms with Crippen molar-refractivity contribution in [1.29, 1.82) is 0 Å². The molecule has 7 nitrogen and oxygen atoms in total. The maximum atomic E-state index is 10.6. The Hall–Kier alpha value is -1.78. The predicted octanol–water partition coefficient (Wildman–Crippen LogP) is 2.76. The summed E-state index contributed by atoms with van der Waals surface area (Å²) in [5, 5.41) is 21.0. The van der Waals surface area contributed by atoms with Crippen LogP contribution in [0.15, 0.2) is 36.4 Å². The number of nitrogens with zero attached hydrogens (tertiary/aromatic N) is 5. The fraction of sp³-hybridized carbons (Fsp3) is 0.429. The Labute approximate surface area is 187 Å². The van der Waals surface area contributed by atoms with Crippen molar-refractivity contribution in [2.24, 2.45) is 0 Å². The Balaban J connectivity index is 2.49. The maximum Gasteiger partial charge on any atom is 0.294 e. The first-order valence-electron chi connectivity index (χ1n) is 9.52. The van der Waals surface area contributed by atoms with Crippen molar-refractivity contribution < 1.29 is 10.2 Å². The maximum absolute atomic E-state index is 10.6. The van der Waals surface area contributed by atoms with Crippen molar-refractivity contribution in [3.05, 3.63) is 36.4 Å². The summed E-state index contributed by atoms with van der Waals surface area (Å²) in [6, 6.07) is 11.3. The minimum atomic E-state index is -0.338. The van der Waals surface area contributed by atoms with Crippen molar-refractivity contribution in [2.75, 3.05) is 71.2 Å². The zero-order valence-electron chi connectivity index (χ0n) is 19.4. The molecule has 0 bridgehead atoms. The highest BCUT2D eigenvalue weighted by Crippen LogP contribution is 2.38. The summed E-state index contributed by atoms with van der Waals surface area (Å²) in [5.41, 5.74) is 3.49. The molecule has 0 aromatic heterocycles. The second-order valence-electron chi connectivity index (χ2n) is 7.53. The largest absolute Gasteiger partial charge is 0.506 e. The molecule has 0 fully saturated rings. The molecule has 0 heterocycles. The van der Waals surface area contributed by atoms with Crippen LogP contribution in [0.25, 0.3) is 11.1 Å². The van der Waals surface area contributed by atoms with Crippen LogP contribution in [0.3, 0.4) is 0 Å². The molecule has 0 aliphatic carbocycles. The van der Waals surface area contributed by atoms with E-state index in [1.165, 1.54) is 0 Å². The van der Waals surface area contributed by atoms with Gasteiger partial charge >= 0.3 is 0 Å². The molecule has 0 saturated heterocycles. The Morgan fingerprint density at radius 1 is 0.600 bits per heavy atom. The molecule has 2 rings (SSSR count). The van der Waals surface area contributed by atoms with Crippen LogP contribution < -0.4 is 8.61 Å². The summed E-state index contributed by atoms with van der Waals surface area (Å²) in [4.78, 5) is 0. The van der Waals surface area contributed by atoms with Gasteiger partial charge in [0.15, 0.2) is 11.3 Å². The highest BCUT2D eigenvalue weighted by atomic mass is 32.2.